The van der Waals surface area contributed by atoms with Gasteiger partial charge in [0.1, 0.15) is 0 Å². The Hall–Kier alpha value is -3.18. The molecule has 0 atom stereocenters. The van der Waals surface area contributed by atoms with Crippen molar-refractivity contribution in [1.82, 2.24) is 29.9 Å². The van der Waals surface area contributed by atoms with E-state index in [1.165, 1.54) is 0 Å². The van der Waals surface area contributed by atoms with Crippen molar-refractivity contribution in [3.8, 4) is 0 Å². The zero-order valence-corrected chi connectivity index (χ0v) is 25.2. The number of rotatable bonds is 18. The molecule has 0 aliphatic carbocycles. The van der Waals surface area contributed by atoms with Crippen LogP contribution in [-0.4, -0.2) is 105 Å². The molecule has 2 heterocycles. The minimum absolute atomic E-state index is 0.561. The lowest BCUT2D eigenvalue weighted by atomic mass is 10.3. The molecule has 2 aromatic heterocycles. The van der Waals surface area contributed by atoms with Crippen LogP contribution < -0.4 is 29.8 Å². The van der Waals surface area contributed by atoms with E-state index in [4.69, 9.17) is 15.0 Å². The zero-order valence-electron chi connectivity index (χ0n) is 25.2. The van der Waals surface area contributed by atoms with Crippen molar-refractivity contribution < 1.29 is 0 Å². The van der Waals surface area contributed by atoms with Crippen LogP contribution in [-0.2, 0) is 0 Å². The summed E-state index contributed by atoms with van der Waals surface area (Å²) in [7, 11) is 12.0. The third-order valence-electron chi connectivity index (χ3n) is 6.25. The van der Waals surface area contributed by atoms with E-state index in [0.29, 0.717) is 48.8 Å². The Balaban J connectivity index is 2.17. The van der Waals surface area contributed by atoms with Crippen LogP contribution >= 0.6 is 0 Å². The number of nitrogens with one attached hydrogen (secondary N) is 1. The van der Waals surface area contributed by atoms with Gasteiger partial charge in [0.25, 0.3) is 0 Å². The minimum atomic E-state index is 0.561. The molecule has 2 rings (SSSR count). The van der Waals surface area contributed by atoms with E-state index in [1.54, 1.807) is 0 Å². The topological polar surface area (TPSA) is 106 Å². The highest BCUT2D eigenvalue weighted by Crippen LogP contribution is 2.19. The van der Waals surface area contributed by atoms with Crippen molar-refractivity contribution in [3.63, 3.8) is 0 Å². The summed E-state index contributed by atoms with van der Waals surface area (Å²) in [4.78, 5) is 38.5. The van der Waals surface area contributed by atoms with Crippen LogP contribution in [0.4, 0.5) is 35.7 Å². The van der Waals surface area contributed by atoms with Gasteiger partial charge >= 0.3 is 0 Å². The molecular formula is C26H50N12. The van der Waals surface area contributed by atoms with Gasteiger partial charge in [0, 0.05) is 75.0 Å². The van der Waals surface area contributed by atoms with Gasteiger partial charge in [0.2, 0.25) is 35.7 Å². The number of unbranched alkanes of at least 4 members (excludes halogenated alkanes) is 3. The van der Waals surface area contributed by atoms with Gasteiger partial charge < -0.3 is 29.8 Å². The molecule has 0 saturated heterocycles. The standard InChI is InChI=1S/C26H50N12/c1-10-13-17-35(6)23-29-21(28-22(30-23)34(4)5)27-16-20-38(9)26-32-24(36(7)18-14-11-2)31-25(33-26)37(8)19-15-12-3/h10-20H2,1-9H3,(H,27,28,29,30). The molecule has 0 aromatic carbocycles. The van der Waals surface area contributed by atoms with Crippen LogP contribution in [0, 0.1) is 0 Å². The third-order valence-corrected chi connectivity index (χ3v) is 6.25. The van der Waals surface area contributed by atoms with Gasteiger partial charge in [-0.25, -0.2) is 0 Å². The molecule has 0 unspecified atom stereocenters. The molecule has 0 amide bonds. The molecule has 2 aromatic rings. The van der Waals surface area contributed by atoms with E-state index in [1.807, 2.05) is 52.1 Å². The Morgan fingerprint density at radius 2 is 0.816 bits per heavy atom. The Kier molecular flexibility index (Phi) is 13.0. The predicted octanol–water partition coefficient (Wildman–Crippen LogP) is 3.38. The highest BCUT2D eigenvalue weighted by Gasteiger charge is 2.16. The number of hydrogen-bond donors (Lipinski definition) is 1. The van der Waals surface area contributed by atoms with Gasteiger partial charge in [-0.2, -0.15) is 29.9 Å². The summed E-state index contributed by atoms with van der Waals surface area (Å²) < 4.78 is 0. The second-order valence-corrected chi connectivity index (χ2v) is 10.1. The molecule has 0 aliphatic heterocycles. The van der Waals surface area contributed by atoms with E-state index in [2.05, 4.69) is 55.7 Å². The van der Waals surface area contributed by atoms with Gasteiger partial charge in [-0.1, -0.05) is 40.0 Å². The number of likely N-dealkylation sites (N-methyl/N-ethyl adjacent to an activating group) is 1. The maximum atomic E-state index is 4.80. The molecule has 1 N–H and O–H groups in total. The fraction of sp³-hybridized carbons (Fsp3) is 0.769. The molecule has 0 radical (unpaired) electrons. The van der Waals surface area contributed by atoms with Crippen molar-refractivity contribution in [2.24, 2.45) is 0 Å². The number of hydrogen-bond acceptors (Lipinski definition) is 12. The summed E-state index contributed by atoms with van der Waals surface area (Å²) >= 11 is 0. The van der Waals surface area contributed by atoms with E-state index in [-0.39, 0.29) is 0 Å². The normalized spacial score (nSPS) is 10.9. The summed E-state index contributed by atoms with van der Waals surface area (Å²) in [6.45, 7) is 10.6. The highest BCUT2D eigenvalue weighted by atomic mass is 15.4. The molecule has 38 heavy (non-hydrogen) atoms. The first-order chi connectivity index (χ1) is 18.2. The summed E-state index contributed by atoms with van der Waals surface area (Å²) in [5.41, 5.74) is 0. The SMILES string of the molecule is CCCCN(C)c1nc(NCCN(C)c2nc(N(C)CCCC)nc(N(C)CCCC)n2)nc(N(C)C)n1. The van der Waals surface area contributed by atoms with Crippen molar-refractivity contribution >= 4 is 35.7 Å². The summed E-state index contributed by atoms with van der Waals surface area (Å²) in [6, 6.07) is 0. The van der Waals surface area contributed by atoms with Gasteiger partial charge in [-0.15, -0.1) is 0 Å². The Bertz CT molecular complexity index is 922. The van der Waals surface area contributed by atoms with Crippen molar-refractivity contribution in [3.05, 3.63) is 0 Å². The minimum Gasteiger partial charge on any atom is -0.352 e. The average Bonchev–Trinajstić information content (AvgIpc) is 2.92. The largest absolute Gasteiger partial charge is 0.352 e. The highest BCUT2D eigenvalue weighted by molar-refractivity contribution is 5.47. The van der Waals surface area contributed by atoms with E-state index >= 15 is 0 Å². The molecule has 0 fully saturated rings. The van der Waals surface area contributed by atoms with Crippen LogP contribution in [0.2, 0.25) is 0 Å². The first kappa shape index (κ1) is 31.0. The van der Waals surface area contributed by atoms with Crippen molar-refractivity contribution in [2.75, 3.05) is 105 Å². The van der Waals surface area contributed by atoms with Gasteiger partial charge in [0.05, 0.1) is 0 Å². The molecule has 0 bridgehead atoms. The van der Waals surface area contributed by atoms with E-state index in [0.717, 1.165) is 58.2 Å². The third kappa shape index (κ3) is 9.60. The molecule has 214 valence electrons. The summed E-state index contributed by atoms with van der Waals surface area (Å²) in [5, 5.41) is 3.37. The van der Waals surface area contributed by atoms with E-state index in [9.17, 15) is 0 Å². The zero-order chi connectivity index (χ0) is 28.1. The van der Waals surface area contributed by atoms with Crippen LogP contribution in [0.15, 0.2) is 0 Å². The van der Waals surface area contributed by atoms with Crippen LogP contribution in [0.3, 0.4) is 0 Å². The van der Waals surface area contributed by atoms with Gasteiger partial charge in [0.15, 0.2) is 0 Å². The lowest BCUT2D eigenvalue weighted by molar-refractivity contribution is 0.723. The second kappa shape index (κ2) is 15.9. The second-order valence-electron chi connectivity index (χ2n) is 10.1. The van der Waals surface area contributed by atoms with Crippen molar-refractivity contribution in [1.29, 1.82) is 0 Å². The molecule has 0 aliphatic rings. The maximum Gasteiger partial charge on any atom is 0.231 e. The molecule has 0 spiro atoms. The molecule has 12 heteroatoms. The van der Waals surface area contributed by atoms with Crippen LogP contribution in [0.25, 0.3) is 0 Å². The number of aromatic nitrogens is 6. The predicted molar refractivity (Wildman–Crippen MR) is 160 cm³/mol. The molecule has 12 nitrogen and oxygen atoms in total. The Labute approximate surface area is 229 Å². The van der Waals surface area contributed by atoms with Gasteiger partial charge in [-0.05, 0) is 19.3 Å². The molecule has 0 saturated carbocycles. The smallest absolute Gasteiger partial charge is 0.231 e. The van der Waals surface area contributed by atoms with E-state index < -0.39 is 0 Å². The molecular weight excluding hydrogens is 480 g/mol. The fourth-order valence-electron chi connectivity index (χ4n) is 3.58. The fourth-order valence-corrected chi connectivity index (χ4v) is 3.58. The Morgan fingerprint density at radius 3 is 1.21 bits per heavy atom. The number of nitrogens with zero attached hydrogens (tertiary/aromatic N) is 11. The summed E-state index contributed by atoms with van der Waals surface area (Å²) in [5.74, 6) is 3.93. The number of anilines is 6. The first-order valence-corrected chi connectivity index (χ1v) is 14.0. The lowest BCUT2D eigenvalue weighted by Crippen LogP contribution is -2.31. The van der Waals surface area contributed by atoms with Gasteiger partial charge in [-0.3, -0.25) is 0 Å². The first-order valence-electron chi connectivity index (χ1n) is 14.0. The maximum absolute atomic E-state index is 4.80. The van der Waals surface area contributed by atoms with Crippen LogP contribution in [0.1, 0.15) is 59.3 Å². The Morgan fingerprint density at radius 1 is 0.474 bits per heavy atom. The lowest BCUT2D eigenvalue weighted by Gasteiger charge is -2.24. The quantitative estimate of drug-likeness (QED) is 0.305. The summed E-state index contributed by atoms with van der Waals surface area (Å²) in [6.07, 6.45) is 6.64. The van der Waals surface area contributed by atoms with Crippen LogP contribution in [0.5, 0.6) is 0 Å². The van der Waals surface area contributed by atoms with Crippen molar-refractivity contribution in [2.45, 2.75) is 59.3 Å². The average molecular weight is 531 g/mol. The monoisotopic (exact) mass is 530 g/mol.